The second-order valence-electron chi connectivity index (χ2n) is 6.00. The van der Waals surface area contributed by atoms with Crippen molar-refractivity contribution in [2.24, 2.45) is 0 Å². The average Bonchev–Trinajstić information content (AvgIpc) is 3.40. The van der Waals surface area contributed by atoms with Gasteiger partial charge in [0.2, 0.25) is 5.91 Å². The number of amides is 2. The third-order valence-electron chi connectivity index (χ3n) is 3.89. The van der Waals surface area contributed by atoms with E-state index in [1.54, 1.807) is 24.3 Å². The lowest BCUT2D eigenvalue weighted by atomic mass is 10.1. The molecule has 0 atom stereocenters. The van der Waals surface area contributed by atoms with Crippen molar-refractivity contribution in [3.8, 4) is 17.1 Å². The van der Waals surface area contributed by atoms with E-state index >= 15 is 0 Å². The second kappa shape index (κ2) is 7.98. The maximum atomic E-state index is 12.4. The topological polar surface area (TPSA) is 115 Å². The van der Waals surface area contributed by atoms with E-state index in [4.69, 9.17) is 0 Å². The fourth-order valence-electron chi connectivity index (χ4n) is 2.54. The van der Waals surface area contributed by atoms with Crippen molar-refractivity contribution in [2.45, 2.75) is 6.92 Å². The number of pyridine rings is 1. The first-order chi connectivity index (χ1) is 14.1. The molecular formula is C19H15N7O2S. The van der Waals surface area contributed by atoms with Crippen LogP contribution < -0.4 is 10.6 Å². The molecule has 1 aromatic carbocycles. The Bertz CT molecular complexity index is 1140. The maximum absolute atomic E-state index is 12.4. The zero-order chi connectivity index (χ0) is 20.2. The van der Waals surface area contributed by atoms with Gasteiger partial charge in [-0.3, -0.25) is 14.9 Å². The van der Waals surface area contributed by atoms with Crippen LogP contribution in [0, 0.1) is 0 Å². The van der Waals surface area contributed by atoms with Crippen molar-refractivity contribution in [2.75, 3.05) is 10.6 Å². The maximum Gasteiger partial charge on any atom is 0.259 e. The van der Waals surface area contributed by atoms with Gasteiger partial charge < -0.3 is 5.32 Å². The van der Waals surface area contributed by atoms with Crippen LogP contribution in [-0.2, 0) is 4.79 Å². The lowest BCUT2D eigenvalue weighted by molar-refractivity contribution is -0.114. The van der Waals surface area contributed by atoms with E-state index in [0.29, 0.717) is 22.2 Å². The molecule has 10 heteroatoms. The first-order valence-electron chi connectivity index (χ1n) is 8.54. The van der Waals surface area contributed by atoms with Crippen molar-refractivity contribution in [1.82, 2.24) is 24.7 Å². The summed E-state index contributed by atoms with van der Waals surface area (Å²) in [4.78, 5) is 36.1. The van der Waals surface area contributed by atoms with Gasteiger partial charge in [0.25, 0.3) is 5.91 Å². The third kappa shape index (κ3) is 4.33. The van der Waals surface area contributed by atoms with Crippen molar-refractivity contribution < 1.29 is 9.59 Å². The summed E-state index contributed by atoms with van der Waals surface area (Å²) in [6.45, 7) is 1.46. The van der Waals surface area contributed by atoms with Gasteiger partial charge in [-0.2, -0.15) is 5.10 Å². The summed E-state index contributed by atoms with van der Waals surface area (Å²) in [5, 5.41) is 11.8. The smallest absolute Gasteiger partial charge is 0.259 e. The molecule has 4 aromatic rings. The Labute approximate surface area is 169 Å². The lowest BCUT2D eigenvalue weighted by Gasteiger charge is -2.04. The Morgan fingerprint density at radius 2 is 1.90 bits per heavy atom. The van der Waals surface area contributed by atoms with Crippen LogP contribution in [0.4, 0.5) is 10.8 Å². The van der Waals surface area contributed by atoms with Crippen LogP contribution in [0.5, 0.6) is 0 Å². The largest absolute Gasteiger partial charge is 0.326 e. The van der Waals surface area contributed by atoms with Gasteiger partial charge in [-0.15, -0.1) is 11.3 Å². The van der Waals surface area contributed by atoms with Crippen LogP contribution in [-0.4, -0.2) is 36.5 Å². The van der Waals surface area contributed by atoms with Crippen LogP contribution in [0.15, 0.2) is 60.6 Å². The Morgan fingerprint density at radius 3 is 2.55 bits per heavy atom. The normalized spacial score (nSPS) is 10.5. The number of aromatic nitrogens is 5. The minimum atomic E-state index is -0.301. The molecule has 0 spiro atoms. The summed E-state index contributed by atoms with van der Waals surface area (Å²) in [7, 11) is 0. The first-order valence-corrected chi connectivity index (χ1v) is 9.42. The minimum Gasteiger partial charge on any atom is -0.326 e. The summed E-state index contributed by atoms with van der Waals surface area (Å²) in [5.74, 6) is 0.142. The van der Waals surface area contributed by atoms with E-state index in [9.17, 15) is 9.59 Å². The molecule has 3 aromatic heterocycles. The van der Waals surface area contributed by atoms with E-state index in [1.807, 2.05) is 17.5 Å². The molecule has 0 saturated heterocycles. The Hall–Kier alpha value is -3.92. The number of benzene rings is 1. The van der Waals surface area contributed by atoms with Crippen LogP contribution in [0.1, 0.15) is 17.3 Å². The highest BCUT2D eigenvalue weighted by Gasteiger charge is 2.11. The van der Waals surface area contributed by atoms with Gasteiger partial charge in [0.1, 0.15) is 12.7 Å². The molecule has 144 valence electrons. The van der Waals surface area contributed by atoms with Crippen molar-refractivity contribution in [1.29, 1.82) is 0 Å². The molecule has 0 aliphatic rings. The minimum absolute atomic E-state index is 0.125. The summed E-state index contributed by atoms with van der Waals surface area (Å²) < 4.78 is 1.51. The molecule has 0 fully saturated rings. The van der Waals surface area contributed by atoms with E-state index < -0.39 is 0 Å². The van der Waals surface area contributed by atoms with E-state index in [-0.39, 0.29) is 11.8 Å². The lowest BCUT2D eigenvalue weighted by Crippen LogP contribution is -2.12. The number of thiazole rings is 1. The summed E-state index contributed by atoms with van der Waals surface area (Å²) in [6.07, 6.45) is 4.42. The van der Waals surface area contributed by atoms with Crippen LogP contribution in [0.2, 0.25) is 0 Å². The van der Waals surface area contributed by atoms with Gasteiger partial charge in [-0.1, -0.05) is 12.1 Å². The number of carbonyl (C=O) groups is 2. The first kappa shape index (κ1) is 18.4. The third-order valence-corrected chi connectivity index (χ3v) is 4.65. The summed E-state index contributed by atoms with van der Waals surface area (Å²) in [6, 6.07) is 10.7. The molecule has 0 aliphatic heterocycles. The zero-order valence-electron chi connectivity index (χ0n) is 15.2. The van der Waals surface area contributed by atoms with Gasteiger partial charge in [0, 0.05) is 29.8 Å². The average molecular weight is 405 g/mol. The Kier molecular flexibility index (Phi) is 5.08. The zero-order valence-corrected chi connectivity index (χ0v) is 16.1. The number of hydrogen-bond donors (Lipinski definition) is 2. The van der Waals surface area contributed by atoms with Gasteiger partial charge in [-0.25, -0.2) is 19.6 Å². The van der Waals surface area contributed by atoms with Gasteiger partial charge >= 0.3 is 0 Å². The highest BCUT2D eigenvalue weighted by molar-refractivity contribution is 7.14. The van der Waals surface area contributed by atoms with Crippen LogP contribution in [0.25, 0.3) is 17.1 Å². The van der Waals surface area contributed by atoms with E-state index in [1.165, 1.54) is 41.8 Å². The molecule has 3 heterocycles. The number of carbonyl (C=O) groups excluding carboxylic acids is 2. The fraction of sp³-hybridized carbons (Fsp3) is 0.0526. The number of nitrogens with zero attached hydrogens (tertiary/aromatic N) is 5. The number of anilines is 2. The Balaban J connectivity index is 1.43. The fourth-order valence-corrected chi connectivity index (χ4v) is 3.26. The molecule has 0 saturated carbocycles. The highest BCUT2D eigenvalue weighted by atomic mass is 32.1. The molecule has 0 radical (unpaired) electrons. The predicted molar refractivity (Wildman–Crippen MR) is 109 cm³/mol. The van der Waals surface area contributed by atoms with E-state index in [0.717, 1.165) is 11.3 Å². The molecule has 0 aliphatic carbocycles. The van der Waals surface area contributed by atoms with Crippen molar-refractivity contribution in [3.05, 3.63) is 66.2 Å². The summed E-state index contributed by atoms with van der Waals surface area (Å²) in [5.41, 5.74) is 2.74. The second-order valence-corrected chi connectivity index (χ2v) is 6.85. The van der Waals surface area contributed by atoms with E-state index in [2.05, 4.69) is 30.7 Å². The molecule has 4 rings (SSSR count). The number of rotatable bonds is 5. The van der Waals surface area contributed by atoms with Gasteiger partial charge in [0.05, 0.1) is 11.3 Å². The Morgan fingerprint density at radius 1 is 1.07 bits per heavy atom. The predicted octanol–water partition coefficient (Wildman–Crippen LogP) is 3.00. The van der Waals surface area contributed by atoms with Gasteiger partial charge in [0.15, 0.2) is 10.9 Å². The van der Waals surface area contributed by atoms with Crippen molar-refractivity contribution in [3.63, 3.8) is 0 Å². The highest BCUT2D eigenvalue weighted by Crippen LogP contribution is 2.26. The molecule has 2 amide bonds. The molecule has 2 N–H and O–H groups in total. The number of hydrogen-bond acceptors (Lipinski definition) is 7. The molecular weight excluding hydrogens is 390 g/mol. The molecule has 0 unspecified atom stereocenters. The number of nitrogens with one attached hydrogen (secondary N) is 2. The monoisotopic (exact) mass is 405 g/mol. The van der Waals surface area contributed by atoms with Crippen molar-refractivity contribution >= 4 is 34.0 Å². The SMILES string of the molecule is CC(=O)Nc1ccc(-c2csc(NC(=O)c3ccc(-n4cncn4)nc3)n2)cc1. The molecule has 0 bridgehead atoms. The van der Waals surface area contributed by atoms with Crippen LogP contribution >= 0.6 is 11.3 Å². The summed E-state index contributed by atoms with van der Waals surface area (Å²) >= 11 is 1.33. The molecule has 9 nitrogen and oxygen atoms in total. The van der Waals surface area contributed by atoms with Gasteiger partial charge in [-0.05, 0) is 24.3 Å². The molecule has 29 heavy (non-hydrogen) atoms. The quantitative estimate of drug-likeness (QED) is 0.527. The van der Waals surface area contributed by atoms with Crippen LogP contribution in [0.3, 0.4) is 0 Å². The standard InChI is InChI=1S/C19H15N7O2S/c1-12(27)23-15-5-2-13(3-6-15)16-9-29-19(24-16)25-18(28)14-4-7-17(21-8-14)26-11-20-10-22-26/h2-11H,1H3,(H,23,27)(H,24,25,28).